The van der Waals surface area contributed by atoms with Gasteiger partial charge in [-0.25, -0.2) is 0 Å². The van der Waals surface area contributed by atoms with Gasteiger partial charge in [-0.2, -0.15) is 0 Å². The third-order valence-electron chi connectivity index (χ3n) is 7.61. The highest BCUT2D eigenvalue weighted by Crippen LogP contribution is 2.63. The number of ether oxygens (including phenoxy) is 4. The largest absolute Gasteiger partial charge is 0.497 e. The van der Waals surface area contributed by atoms with E-state index in [-0.39, 0.29) is 30.1 Å². The molecule has 30 heavy (non-hydrogen) atoms. The first kappa shape index (κ1) is 19.6. The van der Waals surface area contributed by atoms with Crippen molar-refractivity contribution in [2.24, 2.45) is 16.8 Å². The van der Waals surface area contributed by atoms with Crippen molar-refractivity contribution < 1.29 is 23.7 Å². The Balaban J connectivity index is 1.82. The van der Waals surface area contributed by atoms with Crippen LogP contribution in [0.15, 0.2) is 28.8 Å². The van der Waals surface area contributed by atoms with Gasteiger partial charge < -0.3 is 18.9 Å². The van der Waals surface area contributed by atoms with Gasteiger partial charge in [0.2, 0.25) is 0 Å². The number of hydrogen-bond acceptors (Lipinski definition) is 7. The molecule has 3 fully saturated rings. The molecule has 5 atom stereocenters. The third kappa shape index (κ3) is 2.28. The van der Waals surface area contributed by atoms with Gasteiger partial charge in [-0.3, -0.25) is 14.7 Å². The molecule has 7 heteroatoms. The van der Waals surface area contributed by atoms with Crippen molar-refractivity contribution in [2.75, 3.05) is 35.0 Å². The number of benzene rings is 1. The Kier molecular flexibility index (Phi) is 4.45. The number of rotatable bonds is 4. The predicted octanol–water partition coefficient (Wildman–Crippen LogP) is 2.84. The van der Waals surface area contributed by atoms with Gasteiger partial charge in [0.1, 0.15) is 23.4 Å². The summed E-state index contributed by atoms with van der Waals surface area (Å²) in [6, 6.07) is 4.00. The lowest BCUT2D eigenvalue weighted by Crippen LogP contribution is -2.71. The highest BCUT2D eigenvalue weighted by molar-refractivity contribution is 6.10. The first-order valence-corrected chi connectivity index (χ1v) is 10.4. The van der Waals surface area contributed by atoms with Crippen molar-refractivity contribution in [1.29, 1.82) is 0 Å². The maximum atomic E-state index is 13.3. The number of nitrogens with zero attached hydrogens (tertiary/aromatic N) is 2. The smallest absolute Gasteiger partial charge is 0.310 e. The van der Waals surface area contributed by atoms with E-state index in [4.69, 9.17) is 23.9 Å². The lowest BCUT2D eigenvalue weighted by molar-refractivity contribution is -0.158. The Morgan fingerprint density at radius 3 is 2.67 bits per heavy atom. The number of carbonyl (C=O) groups is 1. The maximum absolute atomic E-state index is 13.3. The minimum Gasteiger partial charge on any atom is -0.497 e. The van der Waals surface area contributed by atoms with Crippen LogP contribution in [0.5, 0.6) is 11.5 Å². The Bertz CT molecular complexity index is 971. The molecule has 1 saturated carbocycles. The summed E-state index contributed by atoms with van der Waals surface area (Å²) in [7, 11) is 6.50. The first-order chi connectivity index (χ1) is 14.5. The Morgan fingerprint density at radius 1 is 1.23 bits per heavy atom. The standard InChI is InChI=1S/C23H28N2O5/c1-6-12-11-25-16-9-14(12)19(22(26)30-5)23(10-18(25)29-4)15-7-13(27-2)8-17(28-3)20(15)24-21(16)23/h6-8,14,16,18-19H,9-11H2,1-5H3/b12-6-/t14-,16-,18-,19-,23-/m0/s1. The number of carbonyl (C=O) groups excluding carboxylic acids is 1. The van der Waals surface area contributed by atoms with Gasteiger partial charge in [0.15, 0.2) is 0 Å². The fourth-order valence-electron chi connectivity index (χ4n) is 6.35. The zero-order chi connectivity index (χ0) is 21.2. The summed E-state index contributed by atoms with van der Waals surface area (Å²) < 4.78 is 22.6. The van der Waals surface area contributed by atoms with Gasteiger partial charge in [0.05, 0.1) is 38.7 Å². The van der Waals surface area contributed by atoms with E-state index < -0.39 is 5.41 Å². The molecule has 5 rings (SSSR count). The molecule has 0 amide bonds. The van der Waals surface area contributed by atoms with Gasteiger partial charge in [-0.15, -0.1) is 0 Å². The number of piperidine rings is 2. The number of methoxy groups -OCH3 is 4. The van der Waals surface area contributed by atoms with E-state index in [9.17, 15) is 4.79 Å². The van der Waals surface area contributed by atoms with E-state index in [2.05, 4.69) is 17.9 Å². The van der Waals surface area contributed by atoms with Gasteiger partial charge >= 0.3 is 5.97 Å². The summed E-state index contributed by atoms with van der Waals surface area (Å²) in [5.41, 5.74) is 3.50. The van der Waals surface area contributed by atoms with Crippen LogP contribution in [-0.2, 0) is 19.7 Å². The highest BCUT2D eigenvalue weighted by Gasteiger charge is 2.67. The fourth-order valence-corrected chi connectivity index (χ4v) is 6.35. The molecule has 4 aliphatic rings. The maximum Gasteiger partial charge on any atom is 0.310 e. The van der Waals surface area contributed by atoms with Crippen molar-refractivity contribution in [3.63, 3.8) is 0 Å². The van der Waals surface area contributed by atoms with E-state index in [0.29, 0.717) is 17.9 Å². The molecule has 0 unspecified atom stereocenters. The molecule has 1 aromatic carbocycles. The molecule has 7 nitrogen and oxygen atoms in total. The molecule has 0 spiro atoms. The van der Waals surface area contributed by atoms with Crippen LogP contribution in [0.25, 0.3) is 0 Å². The van der Waals surface area contributed by atoms with Crippen LogP contribution in [-0.4, -0.2) is 63.8 Å². The van der Waals surface area contributed by atoms with Gasteiger partial charge in [-0.05, 0) is 30.9 Å². The molecule has 0 radical (unpaired) electrons. The van der Waals surface area contributed by atoms with Gasteiger partial charge in [0.25, 0.3) is 0 Å². The number of hydrogen-bond donors (Lipinski definition) is 0. The summed E-state index contributed by atoms with van der Waals surface area (Å²) in [6.07, 6.45) is 3.53. The molecule has 160 valence electrons. The van der Waals surface area contributed by atoms with E-state index in [1.807, 2.05) is 12.1 Å². The number of aliphatic imine (C=N–C) groups is 1. The van der Waals surface area contributed by atoms with E-state index in [1.54, 1.807) is 21.3 Å². The van der Waals surface area contributed by atoms with Crippen LogP contribution >= 0.6 is 0 Å². The monoisotopic (exact) mass is 412 g/mol. The Hall–Kier alpha value is -2.38. The normalized spacial score (nSPS) is 35.0. The molecule has 3 bridgehead atoms. The van der Waals surface area contributed by atoms with Crippen LogP contribution < -0.4 is 9.47 Å². The second-order valence-electron chi connectivity index (χ2n) is 8.48. The second kappa shape index (κ2) is 6.82. The first-order valence-electron chi connectivity index (χ1n) is 10.4. The van der Waals surface area contributed by atoms with Crippen LogP contribution in [0.1, 0.15) is 25.3 Å². The Morgan fingerprint density at radius 2 is 2.03 bits per heavy atom. The minimum absolute atomic E-state index is 0.111. The topological polar surface area (TPSA) is 69.6 Å². The van der Waals surface area contributed by atoms with Crippen molar-refractivity contribution in [3.8, 4) is 11.5 Å². The molecule has 3 aliphatic heterocycles. The van der Waals surface area contributed by atoms with Crippen molar-refractivity contribution in [2.45, 2.75) is 37.5 Å². The van der Waals surface area contributed by atoms with Crippen molar-refractivity contribution in [1.82, 2.24) is 4.90 Å². The van der Waals surface area contributed by atoms with Gasteiger partial charge in [0, 0.05) is 31.9 Å². The zero-order valence-electron chi connectivity index (χ0n) is 18.1. The van der Waals surface area contributed by atoms with E-state index in [1.165, 1.54) is 12.7 Å². The Labute approximate surface area is 176 Å². The fraction of sp³-hybridized carbons (Fsp3) is 0.565. The van der Waals surface area contributed by atoms with Crippen LogP contribution in [0.4, 0.5) is 5.69 Å². The average molecular weight is 412 g/mol. The minimum atomic E-state index is -0.594. The van der Waals surface area contributed by atoms with E-state index in [0.717, 1.165) is 29.9 Å². The van der Waals surface area contributed by atoms with Crippen molar-refractivity contribution in [3.05, 3.63) is 29.3 Å². The summed E-state index contributed by atoms with van der Waals surface area (Å²) in [4.78, 5) is 20.9. The lowest BCUT2D eigenvalue weighted by Gasteiger charge is -2.61. The van der Waals surface area contributed by atoms with Crippen LogP contribution in [0.2, 0.25) is 0 Å². The summed E-state index contributed by atoms with van der Waals surface area (Å²) in [5, 5.41) is 0. The molecular formula is C23H28N2O5. The summed E-state index contributed by atoms with van der Waals surface area (Å²) >= 11 is 0. The molecule has 3 heterocycles. The summed E-state index contributed by atoms with van der Waals surface area (Å²) in [6.45, 7) is 2.83. The molecule has 1 aromatic rings. The average Bonchev–Trinajstić information content (AvgIpc) is 3.12. The molecular weight excluding hydrogens is 384 g/mol. The van der Waals surface area contributed by atoms with E-state index >= 15 is 0 Å². The molecule has 2 saturated heterocycles. The number of fused-ring (bicyclic) bond motifs is 2. The van der Waals surface area contributed by atoms with Crippen LogP contribution in [0, 0.1) is 11.8 Å². The SMILES string of the molecule is C/C=C1/CN2[C@@H](OC)C[C@]34C(=Nc5c(OC)cc(OC)cc53)[C@@H]2C[C@@H]1[C@H]4C(=O)OC. The molecule has 0 aromatic heterocycles. The summed E-state index contributed by atoms with van der Waals surface area (Å²) in [5.74, 6) is 0.923. The highest BCUT2D eigenvalue weighted by atomic mass is 16.5. The molecule has 0 N–H and O–H groups in total. The second-order valence-corrected chi connectivity index (χ2v) is 8.48. The number of esters is 1. The third-order valence-corrected chi connectivity index (χ3v) is 7.61. The number of allylic oxidation sites excluding steroid dienone is 1. The molecule has 1 aliphatic carbocycles. The quantitative estimate of drug-likeness (QED) is 0.560. The lowest BCUT2D eigenvalue weighted by atomic mass is 9.50. The van der Waals surface area contributed by atoms with Gasteiger partial charge in [-0.1, -0.05) is 11.6 Å². The zero-order valence-corrected chi connectivity index (χ0v) is 18.1. The van der Waals surface area contributed by atoms with Crippen molar-refractivity contribution >= 4 is 17.4 Å². The predicted molar refractivity (Wildman–Crippen MR) is 112 cm³/mol. The van der Waals surface area contributed by atoms with Crippen LogP contribution in [0.3, 0.4) is 0 Å².